The number of carbonyl (C=O) groups excluding carboxylic acids is 2. The summed E-state index contributed by atoms with van der Waals surface area (Å²) < 4.78 is 31.3. The molecular weight excluding hydrogens is 290 g/mol. The number of carbonyl (C=O) groups is 2. The van der Waals surface area contributed by atoms with E-state index in [2.05, 4.69) is 10.1 Å². The highest BCUT2D eigenvalue weighted by Crippen LogP contribution is 2.34. The number of halogens is 2. The van der Waals surface area contributed by atoms with E-state index in [1.54, 1.807) is 0 Å². The third-order valence-corrected chi connectivity index (χ3v) is 3.08. The first-order valence-electron chi connectivity index (χ1n) is 5.87. The quantitative estimate of drug-likeness (QED) is 0.514. The molecule has 0 spiro atoms. The van der Waals surface area contributed by atoms with Gasteiger partial charge in [0.2, 0.25) is 11.9 Å². The van der Waals surface area contributed by atoms with Gasteiger partial charge in [-0.3, -0.25) is 14.9 Å². The van der Waals surface area contributed by atoms with Crippen LogP contribution in [0.15, 0.2) is 12.1 Å². The van der Waals surface area contributed by atoms with Gasteiger partial charge >= 0.3 is 5.97 Å². The molecule has 0 aliphatic heterocycles. The Hall–Kier alpha value is -2.58. The Morgan fingerprint density at radius 1 is 1.38 bits per heavy atom. The van der Waals surface area contributed by atoms with Gasteiger partial charge in [0.25, 0.3) is 0 Å². The molecule has 2 rings (SSSR count). The molecule has 0 saturated heterocycles. The van der Waals surface area contributed by atoms with Gasteiger partial charge in [0.15, 0.2) is 0 Å². The van der Waals surface area contributed by atoms with E-state index in [4.69, 9.17) is 0 Å². The molecule has 0 aromatic heterocycles. The highest BCUT2D eigenvalue weighted by Gasteiger charge is 2.53. The van der Waals surface area contributed by atoms with E-state index in [-0.39, 0.29) is 6.42 Å². The summed E-state index contributed by atoms with van der Waals surface area (Å²) >= 11 is 0. The molecule has 0 radical (unpaired) electrons. The Kier molecular flexibility index (Phi) is 3.83. The summed E-state index contributed by atoms with van der Waals surface area (Å²) in [7, 11) is 1.02. The highest BCUT2D eigenvalue weighted by molar-refractivity contribution is 5.97. The van der Waals surface area contributed by atoms with Gasteiger partial charge in [-0.2, -0.15) is 0 Å². The number of ether oxygens (including phenoxy) is 1. The van der Waals surface area contributed by atoms with E-state index in [0.717, 1.165) is 13.2 Å². The third-order valence-electron chi connectivity index (χ3n) is 3.08. The van der Waals surface area contributed by atoms with Gasteiger partial charge in [-0.15, -0.1) is 0 Å². The van der Waals surface area contributed by atoms with Crippen molar-refractivity contribution in [1.29, 1.82) is 0 Å². The van der Waals surface area contributed by atoms with Crippen LogP contribution < -0.4 is 5.32 Å². The van der Waals surface area contributed by atoms with Crippen LogP contribution in [0.4, 0.5) is 14.5 Å². The number of rotatable bonds is 4. The Morgan fingerprint density at radius 2 is 2.05 bits per heavy atom. The zero-order valence-electron chi connectivity index (χ0n) is 10.8. The van der Waals surface area contributed by atoms with Crippen LogP contribution >= 0.6 is 0 Å². The zero-order chi connectivity index (χ0) is 15.7. The molecule has 1 N–H and O–H groups in total. The topological polar surface area (TPSA) is 98.5 Å². The molecule has 1 amide bonds. The Bertz CT molecular complexity index is 634. The summed E-state index contributed by atoms with van der Waals surface area (Å²) in [6, 6.07) is 0.228. The number of anilines is 1. The van der Waals surface area contributed by atoms with Crippen molar-refractivity contribution >= 4 is 17.6 Å². The SMILES string of the molecule is COC(=O)c1cc(NC(=O)C2CC2[N+](=O)[O-])c(F)cc1F. The number of nitro groups is 1. The van der Waals surface area contributed by atoms with E-state index in [0.29, 0.717) is 6.07 Å². The summed E-state index contributed by atoms with van der Waals surface area (Å²) in [5, 5.41) is 12.6. The summed E-state index contributed by atoms with van der Waals surface area (Å²) in [4.78, 5) is 32.8. The molecule has 1 aliphatic rings. The molecule has 1 saturated carbocycles. The lowest BCUT2D eigenvalue weighted by atomic mass is 10.1. The zero-order valence-corrected chi connectivity index (χ0v) is 10.8. The molecule has 1 fully saturated rings. The standard InChI is InChI=1S/C12H10F2N2O5/c1-21-12(18)5-2-9(8(14)4-7(5)13)15-11(17)6-3-10(6)16(19)20/h2,4,6,10H,3H2,1H3,(H,15,17). The van der Waals surface area contributed by atoms with Gasteiger partial charge in [0.1, 0.15) is 17.6 Å². The summed E-state index contributed by atoms with van der Waals surface area (Å²) in [5.41, 5.74) is -0.980. The average Bonchev–Trinajstić information content (AvgIpc) is 3.21. The molecule has 0 bridgehead atoms. The maximum Gasteiger partial charge on any atom is 0.340 e. The minimum absolute atomic E-state index is 0.0610. The number of nitrogens with one attached hydrogen (secondary N) is 1. The van der Waals surface area contributed by atoms with Crippen LogP contribution in [0.1, 0.15) is 16.8 Å². The Morgan fingerprint density at radius 3 is 2.57 bits per heavy atom. The van der Waals surface area contributed by atoms with Crippen molar-refractivity contribution in [3.63, 3.8) is 0 Å². The lowest BCUT2D eigenvalue weighted by Crippen LogP contribution is -2.19. The van der Waals surface area contributed by atoms with Crippen molar-refractivity contribution in [2.45, 2.75) is 12.5 Å². The van der Waals surface area contributed by atoms with E-state index in [1.165, 1.54) is 0 Å². The van der Waals surface area contributed by atoms with Crippen LogP contribution in [0, 0.1) is 27.7 Å². The molecule has 21 heavy (non-hydrogen) atoms. The molecule has 7 nitrogen and oxygen atoms in total. The molecular formula is C12H10F2N2O5. The first kappa shape index (κ1) is 14.8. The van der Waals surface area contributed by atoms with Crippen LogP contribution in [0.25, 0.3) is 0 Å². The van der Waals surface area contributed by atoms with Crippen LogP contribution in [-0.4, -0.2) is 30.0 Å². The minimum Gasteiger partial charge on any atom is -0.465 e. The molecule has 2 unspecified atom stereocenters. The second kappa shape index (κ2) is 5.43. The van der Waals surface area contributed by atoms with E-state index in [9.17, 15) is 28.5 Å². The van der Waals surface area contributed by atoms with Crippen LogP contribution in [0.3, 0.4) is 0 Å². The van der Waals surface area contributed by atoms with E-state index in [1.807, 2.05) is 0 Å². The second-order valence-electron chi connectivity index (χ2n) is 4.49. The lowest BCUT2D eigenvalue weighted by molar-refractivity contribution is -0.497. The summed E-state index contributed by atoms with van der Waals surface area (Å²) in [6.07, 6.45) is 0.0610. The first-order chi connectivity index (χ1) is 9.85. The fourth-order valence-electron chi connectivity index (χ4n) is 1.83. The molecule has 1 aliphatic carbocycles. The van der Waals surface area contributed by atoms with Gasteiger partial charge in [-0.05, 0) is 6.07 Å². The molecule has 1 aromatic carbocycles. The number of hydrogen-bond acceptors (Lipinski definition) is 5. The van der Waals surface area contributed by atoms with Crippen molar-refractivity contribution in [3.05, 3.63) is 39.4 Å². The smallest absolute Gasteiger partial charge is 0.340 e. The number of nitrogens with zero attached hydrogens (tertiary/aromatic N) is 1. The molecule has 112 valence electrons. The van der Waals surface area contributed by atoms with Gasteiger partial charge in [0, 0.05) is 17.4 Å². The maximum atomic E-state index is 13.6. The van der Waals surface area contributed by atoms with Crippen molar-refractivity contribution in [2.75, 3.05) is 12.4 Å². The number of amides is 1. The summed E-state index contributed by atoms with van der Waals surface area (Å²) in [5.74, 6) is -4.86. The number of benzene rings is 1. The van der Waals surface area contributed by atoms with Gasteiger partial charge in [-0.1, -0.05) is 0 Å². The van der Waals surface area contributed by atoms with Crippen LogP contribution in [-0.2, 0) is 9.53 Å². The van der Waals surface area contributed by atoms with Gasteiger partial charge in [-0.25, -0.2) is 13.6 Å². The van der Waals surface area contributed by atoms with Crippen molar-refractivity contribution in [2.24, 2.45) is 5.92 Å². The highest BCUT2D eigenvalue weighted by atomic mass is 19.1. The third kappa shape index (κ3) is 2.96. The fraction of sp³-hybridized carbons (Fsp3) is 0.333. The molecule has 0 heterocycles. The molecule has 2 atom stereocenters. The largest absolute Gasteiger partial charge is 0.465 e. The monoisotopic (exact) mass is 300 g/mol. The van der Waals surface area contributed by atoms with Crippen molar-refractivity contribution in [3.8, 4) is 0 Å². The second-order valence-corrected chi connectivity index (χ2v) is 4.49. The fourth-order valence-corrected chi connectivity index (χ4v) is 1.83. The predicted octanol–water partition coefficient (Wildman–Crippen LogP) is 1.36. The minimum atomic E-state index is -1.13. The van der Waals surface area contributed by atoms with Gasteiger partial charge in [0.05, 0.1) is 18.4 Å². The Labute approximate surface area is 117 Å². The number of esters is 1. The Balaban J connectivity index is 2.19. The predicted molar refractivity (Wildman–Crippen MR) is 65.2 cm³/mol. The normalized spacial score (nSPS) is 19.8. The number of hydrogen-bond donors (Lipinski definition) is 1. The molecule has 1 aromatic rings. The lowest BCUT2D eigenvalue weighted by Gasteiger charge is -2.08. The molecule has 9 heteroatoms. The van der Waals surface area contributed by atoms with Crippen LogP contribution in [0.2, 0.25) is 0 Å². The van der Waals surface area contributed by atoms with Crippen molar-refractivity contribution < 1.29 is 28.0 Å². The van der Waals surface area contributed by atoms with Gasteiger partial charge < -0.3 is 10.1 Å². The number of methoxy groups -OCH3 is 1. The average molecular weight is 300 g/mol. The first-order valence-corrected chi connectivity index (χ1v) is 5.87. The van der Waals surface area contributed by atoms with Crippen molar-refractivity contribution in [1.82, 2.24) is 0 Å². The summed E-state index contributed by atoms with van der Waals surface area (Å²) in [6.45, 7) is 0. The van der Waals surface area contributed by atoms with E-state index >= 15 is 0 Å². The van der Waals surface area contributed by atoms with Crippen LogP contribution in [0.5, 0.6) is 0 Å². The maximum absolute atomic E-state index is 13.6. The van der Waals surface area contributed by atoms with E-state index < -0.39 is 51.6 Å².